The number of likely N-dealkylation sites (tertiary alicyclic amines) is 1. The normalized spacial score (nSPS) is 13.8. The summed E-state index contributed by atoms with van der Waals surface area (Å²) in [5.41, 5.74) is 7.91. The Labute approximate surface area is 203 Å². The molecule has 11 heteroatoms. The third kappa shape index (κ3) is 3.84. The van der Waals surface area contributed by atoms with Crippen LogP contribution in [0.2, 0.25) is 0 Å². The van der Waals surface area contributed by atoms with Crippen molar-refractivity contribution in [1.29, 1.82) is 0 Å². The van der Waals surface area contributed by atoms with Gasteiger partial charge in [-0.05, 0) is 48.5 Å². The average Bonchev–Trinajstić information content (AvgIpc) is 3.45. The van der Waals surface area contributed by atoms with Gasteiger partial charge in [-0.1, -0.05) is 11.2 Å². The van der Waals surface area contributed by atoms with Crippen LogP contribution >= 0.6 is 0 Å². The summed E-state index contributed by atoms with van der Waals surface area (Å²) in [6.07, 6.45) is 1.49. The first kappa shape index (κ1) is 21.8. The molecule has 36 heavy (non-hydrogen) atoms. The molecule has 0 radical (unpaired) electrons. The maximum atomic E-state index is 14.9. The van der Waals surface area contributed by atoms with Crippen LogP contribution in [0.4, 0.5) is 14.6 Å². The van der Waals surface area contributed by atoms with E-state index in [4.69, 9.17) is 10.3 Å². The fourth-order valence-corrected chi connectivity index (χ4v) is 4.37. The quantitative estimate of drug-likeness (QED) is 0.402. The van der Waals surface area contributed by atoms with E-state index in [1.807, 2.05) is 0 Å². The first-order valence-electron chi connectivity index (χ1n) is 11.2. The van der Waals surface area contributed by atoms with Crippen molar-refractivity contribution in [3.8, 4) is 11.4 Å². The Morgan fingerprint density at radius 1 is 1.11 bits per heavy atom. The summed E-state index contributed by atoms with van der Waals surface area (Å²) >= 11 is 0. The van der Waals surface area contributed by atoms with E-state index in [2.05, 4.69) is 20.2 Å². The molecule has 1 aliphatic heterocycles. The lowest BCUT2D eigenvalue weighted by Gasteiger charge is -2.38. The number of carbonyl (C=O) groups is 1. The van der Waals surface area contributed by atoms with Crippen LogP contribution in [-0.2, 0) is 6.54 Å². The number of carbonyl (C=O) groups excluding carboxylic acids is 1. The van der Waals surface area contributed by atoms with Crippen molar-refractivity contribution in [2.24, 2.45) is 0 Å². The number of nitrogen functional groups attached to an aromatic ring is 1. The Morgan fingerprint density at radius 2 is 1.92 bits per heavy atom. The molecule has 0 unspecified atom stereocenters. The van der Waals surface area contributed by atoms with E-state index in [1.165, 1.54) is 30.5 Å². The Balaban J connectivity index is 1.25. The molecule has 0 saturated carbocycles. The average molecular weight is 487 g/mol. The molecule has 0 atom stereocenters. The Morgan fingerprint density at radius 3 is 2.69 bits per heavy atom. The molecular weight excluding hydrogens is 468 g/mol. The topological polar surface area (TPSA) is 116 Å². The molecule has 4 heterocycles. The number of rotatable bonds is 5. The van der Waals surface area contributed by atoms with E-state index in [1.54, 1.807) is 39.9 Å². The summed E-state index contributed by atoms with van der Waals surface area (Å²) < 4.78 is 35.1. The first-order valence-corrected chi connectivity index (χ1v) is 11.2. The van der Waals surface area contributed by atoms with Gasteiger partial charge >= 0.3 is 0 Å². The molecule has 3 aromatic heterocycles. The Kier molecular flexibility index (Phi) is 5.17. The second kappa shape index (κ2) is 8.52. The number of hydrogen-bond acceptors (Lipinski definition) is 7. The van der Waals surface area contributed by atoms with Gasteiger partial charge in [0.2, 0.25) is 11.7 Å². The van der Waals surface area contributed by atoms with Crippen molar-refractivity contribution in [2.45, 2.75) is 12.5 Å². The lowest BCUT2D eigenvalue weighted by molar-refractivity contribution is 0.0599. The monoisotopic (exact) mass is 487 g/mol. The minimum Gasteiger partial charge on any atom is -0.384 e. The zero-order valence-corrected chi connectivity index (χ0v) is 18.8. The van der Waals surface area contributed by atoms with E-state index >= 15 is 0 Å². The highest BCUT2D eigenvalue weighted by molar-refractivity contribution is 5.95. The van der Waals surface area contributed by atoms with Crippen molar-refractivity contribution < 1.29 is 18.1 Å². The second-order valence-electron chi connectivity index (χ2n) is 8.57. The SMILES string of the molecule is Nc1cc(C(=O)N2CC(c3nn(Cc4nc(-c5ccc(F)cc5)no4)c4cccc(F)c34)C2)ccn1. The van der Waals surface area contributed by atoms with Crippen LogP contribution in [0, 0.1) is 11.6 Å². The molecule has 6 rings (SSSR count). The zero-order chi connectivity index (χ0) is 24.8. The van der Waals surface area contributed by atoms with Crippen molar-refractivity contribution in [3.63, 3.8) is 0 Å². The van der Waals surface area contributed by atoms with E-state index in [-0.39, 0.29) is 35.9 Å². The lowest BCUT2D eigenvalue weighted by Crippen LogP contribution is -2.48. The fourth-order valence-electron chi connectivity index (χ4n) is 4.37. The van der Waals surface area contributed by atoms with E-state index in [9.17, 15) is 13.6 Å². The van der Waals surface area contributed by atoms with Crippen LogP contribution in [0.5, 0.6) is 0 Å². The van der Waals surface area contributed by atoms with Crippen molar-refractivity contribution in [3.05, 3.63) is 89.6 Å². The Hall–Kier alpha value is -4.67. The van der Waals surface area contributed by atoms with Crippen molar-refractivity contribution in [1.82, 2.24) is 29.8 Å². The number of pyridine rings is 1. The number of anilines is 1. The second-order valence-corrected chi connectivity index (χ2v) is 8.57. The van der Waals surface area contributed by atoms with Gasteiger partial charge in [0.1, 0.15) is 24.0 Å². The minimum atomic E-state index is -0.391. The van der Waals surface area contributed by atoms with Crippen LogP contribution < -0.4 is 5.73 Å². The van der Waals surface area contributed by atoms with Crippen LogP contribution in [0.3, 0.4) is 0 Å². The molecule has 0 aliphatic carbocycles. The highest BCUT2D eigenvalue weighted by Gasteiger charge is 2.36. The van der Waals surface area contributed by atoms with Crippen LogP contribution in [0.15, 0.2) is 65.3 Å². The lowest BCUT2D eigenvalue weighted by atomic mass is 9.93. The molecule has 2 aromatic carbocycles. The standard InChI is InChI=1S/C25H19F2N7O2/c26-17-6-4-14(5-7-17)24-30-21(36-32-24)13-34-19-3-1-2-18(27)22(19)23(31-34)16-11-33(12-16)25(35)15-8-9-29-20(28)10-15/h1-10,16H,11-13H2,(H2,28,29). The van der Waals surface area contributed by atoms with Gasteiger partial charge in [-0.25, -0.2) is 13.8 Å². The largest absolute Gasteiger partial charge is 0.384 e. The number of halogens is 2. The minimum absolute atomic E-state index is 0.125. The number of nitrogens with zero attached hydrogens (tertiary/aromatic N) is 6. The predicted octanol–water partition coefficient (Wildman–Crippen LogP) is 3.63. The van der Waals surface area contributed by atoms with Crippen molar-refractivity contribution in [2.75, 3.05) is 18.8 Å². The first-order chi connectivity index (χ1) is 17.5. The molecule has 1 saturated heterocycles. The number of fused-ring (bicyclic) bond motifs is 1. The van der Waals surface area contributed by atoms with Gasteiger partial charge in [0.05, 0.1) is 16.6 Å². The summed E-state index contributed by atoms with van der Waals surface area (Å²) in [7, 11) is 0. The summed E-state index contributed by atoms with van der Waals surface area (Å²) in [6.45, 7) is 0.924. The van der Waals surface area contributed by atoms with Gasteiger partial charge in [0.25, 0.3) is 5.91 Å². The van der Waals surface area contributed by atoms with Crippen LogP contribution in [0.1, 0.15) is 27.9 Å². The number of nitrogens with two attached hydrogens (primary N) is 1. The van der Waals surface area contributed by atoms with Crippen LogP contribution in [-0.4, -0.2) is 48.8 Å². The molecule has 1 fully saturated rings. The van der Waals surface area contributed by atoms with Gasteiger partial charge in [-0.15, -0.1) is 0 Å². The van der Waals surface area contributed by atoms with E-state index in [0.29, 0.717) is 46.6 Å². The molecule has 9 nitrogen and oxygen atoms in total. The number of benzene rings is 2. The highest BCUT2D eigenvalue weighted by Crippen LogP contribution is 2.34. The van der Waals surface area contributed by atoms with Gasteiger partial charge in [-0.3, -0.25) is 9.48 Å². The molecular formula is C25H19F2N7O2. The highest BCUT2D eigenvalue weighted by atomic mass is 19.1. The Bertz CT molecular complexity index is 1590. The van der Waals surface area contributed by atoms with Gasteiger partial charge in [-0.2, -0.15) is 10.1 Å². The van der Waals surface area contributed by atoms with Gasteiger partial charge < -0.3 is 15.2 Å². The third-order valence-corrected chi connectivity index (χ3v) is 6.19. The number of aromatic nitrogens is 5. The summed E-state index contributed by atoms with van der Waals surface area (Å²) in [5, 5.41) is 9.04. The molecule has 0 bridgehead atoms. The van der Waals surface area contributed by atoms with Crippen molar-refractivity contribution >= 4 is 22.6 Å². The smallest absolute Gasteiger partial charge is 0.254 e. The third-order valence-electron chi connectivity index (χ3n) is 6.19. The zero-order valence-electron chi connectivity index (χ0n) is 18.8. The molecule has 1 amide bonds. The van der Waals surface area contributed by atoms with Gasteiger partial charge in [0, 0.05) is 36.3 Å². The van der Waals surface area contributed by atoms with E-state index < -0.39 is 5.82 Å². The number of hydrogen-bond donors (Lipinski definition) is 1. The molecule has 1 aliphatic rings. The predicted molar refractivity (Wildman–Crippen MR) is 126 cm³/mol. The number of amides is 1. The maximum Gasteiger partial charge on any atom is 0.254 e. The van der Waals surface area contributed by atoms with Crippen LogP contribution in [0.25, 0.3) is 22.3 Å². The molecule has 5 aromatic rings. The fraction of sp³-hybridized carbons (Fsp3) is 0.160. The van der Waals surface area contributed by atoms with Gasteiger partial charge in [0.15, 0.2) is 0 Å². The summed E-state index contributed by atoms with van der Waals surface area (Å²) in [4.78, 5) is 22.7. The summed E-state index contributed by atoms with van der Waals surface area (Å²) in [5.74, 6) is -0.185. The molecule has 180 valence electrons. The maximum absolute atomic E-state index is 14.9. The van der Waals surface area contributed by atoms with E-state index in [0.717, 1.165) is 0 Å². The molecule has 2 N–H and O–H groups in total. The molecule has 0 spiro atoms. The summed E-state index contributed by atoms with van der Waals surface area (Å²) in [6, 6.07) is 13.7.